The van der Waals surface area contributed by atoms with Crippen LogP contribution in [0.3, 0.4) is 0 Å². The molecule has 0 radical (unpaired) electrons. The topological polar surface area (TPSA) is 92.5 Å². The SMILES string of the molecule is CCN(c1ccccc1)S(=O)(=O)c1cccc(C(=O)NC(CN)C2CC2)c1.Cl. The van der Waals surface area contributed by atoms with Crippen LogP contribution in [-0.4, -0.2) is 33.5 Å². The van der Waals surface area contributed by atoms with Gasteiger partial charge >= 0.3 is 0 Å². The normalized spacial score (nSPS) is 14.6. The van der Waals surface area contributed by atoms with E-state index in [1.807, 2.05) is 6.07 Å². The quantitative estimate of drug-likeness (QED) is 0.682. The molecule has 2 aromatic carbocycles. The second-order valence-electron chi connectivity index (χ2n) is 6.69. The first-order valence-corrected chi connectivity index (χ1v) is 10.6. The molecule has 152 valence electrons. The number of sulfonamides is 1. The fourth-order valence-corrected chi connectivity index (χ4v) is 4.65. The van der Waals surface area contributed by atoms with Crippen molar-refractivity contribution in [2.24, 2.45) is 11.7 Å². The summed E-state index contributed by atoms with van der Waals surface area (Å²) in [5.74, 6) is 0.136. The van der Waals surface area contributed by atoms with Gasteiger partial charge in [-0.3, -0.25) is 9.10 Å². The molecule has 1 amide bonds. The molecule has 0 heterocycles. The number of carbonyl (C=O) groups is 1. The average Bonchev–Trinajstić information content (AvgIpc) is 3.52. The second kappa shape index (κ2) is 9.41. The summed E-state index contributed by atoms with van der Waals surface area (Å²) in [6.07, 6.45) is 2.14. The first-order chi connectivity index (χ1) is 13.0. The van der Waals surface area contributed by atoms with Gasteiger partial charge in [0.05, 0.1) is 10.6 Å². The van der Waals surface area contributed by atoms with Crippen molar-refractivity contribution in [3.05, 3.63) is 60.2 Å². The lowest BCUT2D eigenvalue weighted by Gasteiger charge is -2.23. The van der Waals surface area contributed by atoms with E-state index in [1.54, 1.807) is 43.3 Å². The van der Waals surface area contributed by atoms with Gasteiger partial charge in [-0.05, 0) is 56.0 Å². The molecule has 0 aliphatic heterocycles. The Bertz CT molecular complexity index is 902. The van der Waals surface area contributed by atoms with Crippen LogP contribution in [0.25, 0.3) is 0 Å². The third kappa shape index (κ3) is 4.84. The van der Waals surface area contributed by atoms with Crippen LogP contribution < -0.4 is 15.4 Å². The number of rotatable bonds is 8. The lowest BCUT2D eigenvalue weighted by molar-refractivity contribution is 0.0933. The standard InChI is InChI=1S/C20H25N3O3S.ClH/c1-2-23(17-8-4-3-5-9-17)27(25,26)18-10-6-7-16(13-18)20(24)22-19(14-21)15-11-12-15;/h3-10,13,15,19H,2,11-12,14,21H2,1H3,(H,22,24);1H. The van der Waals surface area contributed by atoms with Crippen LogP contribution >= 0.6 is 12.4 Å². The van der Waals surface area contributed by atoms with Crippen LogP contribution in [0.1, 0.15) is 30.1 Å². The van der Waals surface area contributed by atoms with Gasteiger partial charge in [0, 0.05) is 24.7 Å². The molecule has 3 rings (SSSR count). The van der Waals surface area contributed by atoms with Crippen LogP contribution in [0.15, 0.2) is 59.5 Å². The van der Waals surface area contributed by atoms with Crippen LogP contribution in [0.4, 0.5) is 5.69 Å². The van der Waals surface area contributed by atoms with E-state index in [0.29, 0.717) is 30.3 Å². The summed E-state index contributed by atoms with van der Waals surface area (Å²) in [6, 6.07) is 15.0. The zero-order valence-electron chi connectivity index (χ0n) is 15.7. The van der Waals surface area contributed by atoms with Crippen LogP contribution in [-0.2, 0) is 10.0 Å². The van der Waals surface area contributed by atoms with E-state index in [2.05, 4.69) is 5.32 Å². The lowest BCUT2D eigenvalue weighted by atomic mass is 10.1. The number of nitrogens with two attached hydrogens (primary N) is 1. The number of nitrogens with zero attached hydrogens (tertiary/aromatic N) is 1. The summed E-state index contributed by atoms with van der Waals surface area (Å²) in [6.45, 7) is 2.45. The summed E-state index contributed by atoms with van der Waals surface area (Å²) >= 11 is 0. The third-order valence-corrected chi connectivity index (χ3v) is 6.68. The minimum atomic E-state index is -3.77. The molecule has 1 atom stereocenters. The number of benzene rings is 2. The second-order valence-corrected chi connectivity index (χ2v) is 8.55. The van der Waals surface area contributed by atoms with E-state index in [1.165, 1.54) is 16.4 Å². The highest BCUT2D eigenvalue weighted by atomic mass is 35.5. The Hall–Kier alpha value is -2.09. The number of carbonyl (C=O) groups excluding carboxylic acids is 1. The van der Waals surface area contributed by atoms with Gasteiger partial charge in [-0.2, -0.15) is 0 Å². The van der Waals surface area contributed by atoms with Crippen molar-refractivity contribution < 1.29 is 13.2 Å². The Kier molecular flexibility index (Phi) is 7.46. The van der Waals surface area contributed by atoms with Gasteiger partial charge in [0.1, 0.15) is 0 Å². The van der Waals surface area contributed by atoms with E-state index < -0.39 is 10.0 Å². The molecule has 28 heavy (non-hydrogen) atoms. The van der Waals surface area contributed by atoms with Crippen molar-refractivity contribution in [3.8, 4) is 0 Å². The molecular formula is C20H26ClN3O3S. The number of halogens is 1. The number of anilines is 1. The number of amides is 1. The minimum absolute atomic E-state index is 0. The molecular weight excluding hydrogens is 398 g/mol. The van der Waals surface area contributed by atoms with Crippen LogP contribution in [0, 0.1) is 5.92 Å². The van der Waals surface area contributed by atoms with Crippen LogP contribution in [0.2, 0.25) is 0 Å². The predicted molar refractivity (Wildman–Crippen MR) is 113 cm³/mol. The van der Waals surface area contributed by atoms with Crippen molar-refractivity contribution in [2.75, 3.05) is 17.4 Å². The summed E-state index contributed by atoms with van der Waals surface area (Å²) in [4.78, 5) is 12.7. The largest absolute Gasteiger partial charge is 0.348 e. The molecule has 1 aliphatic rings. The molecule has 1 unspecified atom stereocenters. The Morgan fingerprint density at radius 2 is 1.86 bits per heavy atom. The molecule has 1 saturated carbocycles. The van der Waals surface area contributed by atoms with E-state index in [9.17, 15) is 13.2 Å². The minimum Gasteiger partial charge on any atom is -0.348 e. The van der Waals surface area contributed by atoms with Crippen molar-refractivity contribution in [1.82, 2.24) is 5.32 Å². The van der Waals surface area contributed by atoms with Crippen molar-refractivity contribution in [3.63, 3.8) is 0 Å². The number of hydrogen-bond acceptors (Lipinski definition) is 4. The van der Waals surface area contributed by atoms with Gasteiger partial charge in [-0.25, -0.2) is 8.42 Å². The first-order valence-electron chi connectivity index (χ1n) is 9.16. The number of para-hydroxylation sites is 1. The Balaban J connectivity index is 0.00000280. The monoisotopic (exact) mass is 423 g/mol. The van der Waals surface area contributed by atoms with E-state index in [0.717, 1.165) is 12.8 Å². The Morgan fingerprint density at radius 1 is 1.18 bits per heavy atom. The molecule has 0 bridgehead atoms. The van der Waals surface area contributed by atoms with E-state index in [4.69, 9.17) is 5.73 Å². The maximum absolute atomic E-state index is 13.1. The molecule has 2 aromatic rings. The molecule has 1 fully saturated rings. The van der Waals surface area contributed by atoms with Gasteiger partial charge in [0.15, 0.2) is 0 Å². The zero-order chi connectivity index (χ0) is 19.4. The first kappa shape index (κ1) is 22.2. The maximum atomic E-state index is 13.1. The average molecular weight is 424 g/mol. The van der Waals surface area contributed by atoms with Gasteiger partial charge in [-0.1, -0.05) is 24.3 Å². The maximum Gasteiger partial charge on any atom is 0.264 e. The number of hydrogen-bond donors (Lipinski definition) is 2. The van der Waals surface area contributed by atoms with Gasteiger partial charge in [-0.15, -0.1) is 12.4 Å². The van der Waals surface area contributed by atoms with Crippen LogP contribution in [0.5, 0.6) is 0 Å². The third-order valence-electron chi connectivity index (χ3n) is 4.78. The summed E-state index contributed by atoms with van der Waals surface area (Å²) < 4.78 is 27.5. The molecule has 6 nitrogen and oxygen atoms in total. The highest BCUT2D eigenvalue weighted by Gasteiger charge is 2.31. The smallest absolute Gasteiger partial charge is 0.264 e. The Labute approximate surface area is 172 Å². The lowest BCUT2D eigenvalue weighted by Crippen LogP contribution is -2.41. The number of nitrogens with one attached hydrogen (secondary N) is 1. The fourth-order valence-electron chi connectivity index (χ4n) is 3.13. The Morgan fingerprint density at radius 3 is 2.43 bits per heavy atom. The highest BCUT2D eigenvalue weighted by Crippen LogP contribution is 2.32. The summed E-state index contributed by atoms with van der Waals surface area (Å²) in [7, 11) is -3.77. The van der Waals surface area contributed by atoms with Crippen molar-refractivity contribution >= 4 is 34.0 Å². The molecule has 3 N–H and O–H groups in total. The van der Waals surface area contributed by atoms with E-state index >= 15 is 0 Å². The summed E-state index contributed by atoms with van der Waals surface area (Å²) in [5, 5.41) is 2.93. The van der Waals surface area contributed by atoms with Crippen molar-refractivity contribution in [1.29, 1.82) is 0 Å². The van der Waals surface area contributed by atoms with E-state index in [-0.39, 0.29) is 29.3 Å². The highest BCUT2D eigenvalue weighted by molar-refractivity contribution is 7.92. The molecule has 0 saturated heterocycles. The summed E-state index contributed by atoms with van der Waals surface area (Å²) in [5.41, 5.74) is 6.65. The predicted octanol–water partition coefficient (Wildman–Crippen LogP) is 2.79. The van der Waals surface area contributed by atoms with Gasteiger partial charge in [0.25, 0.3) is 15.9 Å². The van der Waals surface area contributed by atoms with Gasteiger partial charge < -0.3 is 11.1 Å². The molecule has 8 heteroatoms. The van der Waals surface area contributed by atoms with Crippen molar-refractivity contribution in [2.45, 2.75) is 30.7 Å². The molecule has 1 aliphatic carbocycles. The van der Waals surface area contributed by atoms with Gasteiger partial charge in [0.2, 0.25) is 0 Å². The molecule has 0 aromatic heterocycles. The fraction of sp³-hybridized carbons (Fsp3) is 0.350. The zero-order valence-corrected chi connectivity index (χ0v) is 17.4. The molecule has 0 spiro atoms.